The van der Waals surface area contributed by atoms with Crippen LogP contribution in [0.4, 0.5) is 0 Å². The van der Waals surface area contributed by atoms with Crippen LogP contribution >= 0.6 is 0 Å². The highest BCUT2D eigenvalue weighted by Gasteiger charge is 2.11. The zero-order chi connectivity index (χ0) is 17.1. The molecule has 4 nitrogen and oxygen atoms in total. The molecular weight excluding hydrogens is 300 g/mol. The molecule has 3 rings (SSSR count). The van der Waals surface area contributed by atoms with Crippen LogP contribution in [0.3, 0.4) is 0 Å². The number of carbonyl (C=O) groups is 1. The molecule has 0 aliphatic heterocycles. The summed E-state index contributed by atoms with van der Waals surface area (Å²) < 4.78 is 7.70. The van der Waals surface area contributed by atoms with Crippen LogP contribution in [-0.2, 0) is 13.6 Å². The van der Waals surface area contributed by atoms with Gasteiger partial charge in [0.2, 0.25) is 0 Å². The van der Waals surface area contributed by atoms with E-state index in [2.05, 4.69) is 5.32 Å². The molecule has 0 aliphatic rings. The van der Waals surface area contributed by atoms with Gasteiger partial charge in [0.1, 0.15) is 5.75 Å². The average molecular weight is 322 g/mol. The van der Waals surface area contributed by atoms with Crippen LogP contribution in [0, 0.1) is 0 Å². The maximum atomic E-state index is 12.6. The minimum absolute atomic E-state index is 0.0676. The highest BCUT2D eigenvalue weighted by molar-refractivity contribution is 6.06. The second-order valence-electron chi connectivity index (χ2n) is 6.16. The van der Waals surface area contributed by atoms with Crippen molar-refractivity contribution in [1.29, 1.82) is 0 Å². The molecular formula is C20H22N2O2. The second-order valence-corrected chi connectivity index (χ2v) is 6.16. The Morgan fingerprint density at radius 3 is 2.75 bits per heavy atom. The number of nitrogens with one attached hydrogen (secondary N) is 1. The molecule has 0 fully saturated rings. The Balaban J connectivity index is 1.73. The van der Waals surface area contributed by atoms with E-state index in [1.165, 1.54) is 0 Å². The summed E-state index contributed by atoms with van der Waals surface area (Å²) in [6.45, 7) is 4.46. The van der Waals surface area contributed by atoms with Gasteiger partial charge in [0.05, 0.1) is 6.10 Å². The Bertz CT molecular complexity index is 865. The Kier molecular flexibility index (Phi) is 4.56. The van der Waals surface area contributed by atoms with E-state index in [4.69, 9.17) is 4.74 Å². The molecule has 0 saturated heterocycles. The van der Waals surface area contributed by atoms with Crippen LogP contribution in [-0.4, -0.2) is 16.6 Å². The maximum Gasteiger partial charge on any atom is 0.252 e. The summed E-state index contributed by atoms with van der Waals surface area (Å²) in [5.41, 5.74) is 2.76. The predicted molar refractivity (Wildman–Crippen MR) is 96.3 cm³/mol. The Labute approximate surface area is 142 Å². The minimum Gasteiger partial charge on any atom is -0.491 e. The summed E-state index contributed by atoms with van der Waals surface area (Å²) in [5, 5.41) is 3.96. The highest BCUT2D eigenvalue weighted by Crippen LogP contribution is 2.20. The standard InChI is InChI=1S/C20H22N2O2/c1-14(2)24-16-7-4-6-15(12-16)13-21-20(23)18-8-5-9-19-17(18)10-11-22(19)3/h4-12,14H,13H2,1-3H3,(H,21,23). The number of ether oxygens (including phenoxy) is 1. The quantitative estimate of drug-likeness (QED) is 0.774. The zero-order valence-corrected chi connectivity index (χ0v) is 14.2. The van der Waals surface area contributed by atoms with Gasteiger partial charge >= 0.3 is 0 Å². The first kappa shape index (κ1) is 16.1. The first-order valence-corrected chi connectivity index (χ1v) is 8.12. The largest absolute Gasteiger partial charge is 0.491 e. The lowest BCUT2D eigenvalue weighted by Crippen LogP contribution is -2.23. The normalized spacial score (nSPS) is 11.0. The van der Waals surface area contributed by atoms with Gasteiger partial charge in [-0.1, -0.05) is 18.2 Å². The summed E-state index contributed by atoms with van der Waals surface area (Å²) in [6.07, 6.45) is 2.10. The van der Waals surface area contributed by atoms with E-state index in [0.29, 0.717) is 12.1 Å². The molecule has 24 heavy (non-hydrogen) atoms. The maximum absolute atomic E-state index is 12.6. The van der Waals surface area contributed by atoms with E-state index < -0.39 is 0 Å². The highest BCUT2D eigenvalue weighted by atomic mass is 16.5. The summed E-state index contributed by atoms with van der Waals surface area (Å²) in [5.74, 6) is 0.754. The van der Waals surface area contributed by atoms with Crippen molar-refractivity contribution in [3.63, 3.8) is 0 Å². The summed E-state index contributed by atoms with van der Waals surface area (Å²) in [4.78, 5) is 12.6. The molecule has 1 aromatic heterocycles. The number of carbonyl (C=O) groups excluding carboxylic acids is 1. The van der Waals surface area contributed by atoms with Crippen molar-refractivity contribution in [3.05, 3.63) is 65.9 Å². The SMILES string of the molecule is CC(C)Oc1cccc(CNC(=O)c2cccc3c2ccn3C)c1. The Morgan fingerprint density at radius 2 is 1.96 bits per heavy atom. The third-order valence-electron chi connectivity index (χ3n) is 3.90. The summed E-state index contributed by atoms with van der Waals surface area (Å²) >= 11 is 0. The number of hydrogen-bond acceptors (Lipinski definition) is 2. The van der Waals surface area contributed by atoms with Crippen molar-refractivity contribution in [2.75, 3.05) is 0 Å². The third kappa shape index (κ3) is 3.43. The molecule has 4 heteroatoms. The Hall–Kier alpha value is -2.75. The molecule has 124 valence electrons. The number of aromatic nitrogens is 1. The number of fused-ring (bicyclic) bond motifs is 1. The molecule has 0 unspecified atom stereocenters. The zero-order valence-electron chi connectivity index (χ0n) is 14.2. The number of amides is 1. The van der Waals surface area contributed by atoms with Crippen molar-refractivity contribution in [2.45, 2.75) is 26.5 Å². The van der Waals surface area contributed by atoms with Gasteiger partial charge in [0, 0.05) is 36.3 Å². The third-order valence-corrected chi connectivity index (χ3v) is 3.90. The molecule has 0 radical (unpaired) electrons. The Morgan fingerprint density at radius 1 is 1.17 bits per heavy atom. The molecule has 0 aliphatic carbocycles. The lowest BCUT2D eigenvalue weighted by atomic mass is 10.1. The molecule has 1 heterocycles. The van der Waals surface area contributed by atoms with Crippen LogP contribution < -0.4 is 10.1 Å². The van der Waals surface area contributed by atoms with E-state index in [0.717, 1.165) is 22.2 Å². The van der Waals surface area contributed by atoms with Crippen molar-refractivity contribution >= 4 is 16.8 Å². The van der Waals surface area contributed by atoms with Crippen molar-refractivity contribution in [2.24, 2.45) is 7.05 Å². The molecule has 2 aromatic carbocycles. The van der Waals surface area contributed by atoms with E-state index in [-0.39, 0.29) is 12.0 Å². The fourth-order valence-corrected chi connectivity index (χ4v) is 2.78. The van der Waals surface area contributed by atoms with Crippen LogP contribution in [0.25, 0.3) is 10.9 Å². The monoisotopic (exact) mass is 322 g/mol. The topological polar surface area (TPSA) is 43.3 Å². The average Bonchev–Trinajstić information content (AvgIpc) is 2.94. The van der Waals surface area contributed by atoms with Gasteiger partial charge < -0.3 is 14.6 Å². The number of hydrogen-bond donors (Lipinski definition) is 1. The summed E-state index contributed by atoms with van der Waals surface area (Å²) in [7, 11) is 1.98. The van der Waals surface area contributed by atoms with E-state index >= 15 is 0 Å². The minimum atomic E-state index is -0.0676. The van der Waals surface area contributed by atoms with Gasteiger partial charge in [-0.3, -0.25) is 4.79 Å². The molecule has 0 bridgehead atoms. The van der Waals surface area contributed by atoms with Gasteiger partial charge in [-0.15, -0.1) is 0 Å². The van der Waals surface area contributed by atoms with Crippen molar-refractivity contribution in [3.8, 4) is 5.75 Å². The first-order chi connectivity index (χ1) is 11.5. The predicted octanol–water partition coefficient (Wildman–Crippen LogP) is 3.90. The lowest BCUT2D eigenvalue weighted by molar-refractivity contribution is 0.0952. The number of aryl methyl sites for hydroxylation is 1. The van der Waals surface area contributed by atoms with Gasteiger partial charge in [-0.05, 0) is 49.7 Å². The molecule has 0 atom stereocenters. The van der Waals surface area contributed by atoms with Gasteiger partial charge in [0.25, 0.3) is 5.91 Å². The van der Waals surface area contributed by atoms with E-state index in [9.17, 15) is 4.79 Å². The molecule has 1 amide bonds. The van der Waals surface area contributed by atoms with Crippen molar-refractivity contribution in [1.82, 2.24) is 9.88 Å². The van der Waals surface area contributed by atoms with Gasteiger partial charge in [-0.25, -0.2) is 0 Å². The second kappa shape index (κ2) is 6.79. The fourth-order valence-electron chi connectivity index (χ4n) is 2.78. The fraction of sp³-hybridized carbons (Fsp3) is 0.250. The first-order valence-electron chi connectivity index (χ1n) is 8.12. The smallest absolute Gasteiger partial charge is 0.252 e. The van der Waals surface area contributed by atoms with Gasteiger partial charge in [-0.2, -0.15) is 0 Å². The molecule has 1 N–H and O–H groups in total. The van der Waals surface area contributed by atoms with E-state index in [1.54, 1.807) is 0 Å². The van der Waals surface area contributed by atoms with E-state index in [1.807, 2.05) is 80.2 Å². The summed E-state index contributed by atoms with van der Waals surface area (Å²) in [6, 6.07) is 15.6. The number of rotatable bonds is 5. The van der Waals surface area contributed by atoms with Crippen LogP contribution in [0.5, 0.6) is 5.75 Å². The molecule has 3 aromatic rings. The molecule has 0 spiro atoms. The lowest BCUT2D eigenvalue weighted by Gasteiger charge is -2.11. The molecule has 0 saturated carbocycles. The van der Waals surface area contributed by atoms with Crippen LogP contribution in [0.15, 0.2) is 54.7 Å². The number of benzene rings is 2. The van der Waals surface area contributed by atoms with Gasteiger partial charge in [0.15, 0.2) is 0 Å². The van der Waals surface area contributed by atoms with Crippen LogP contribution in [0.1, 0.15) is 29.8 Å². The number of nitrogens with zero attached hydrogens (tertiary/aromatic N) is 1. The van der Waals surface area contributed by atoms with Crippen LogP contribution in [0.2, 0.25) is 0 Å². The van der Waals surface area contributed by atoms with Crippen molar-refractivity contribution < 1.29 is 9.53 Å².